The summed E-state index contributed by atoms with van der Waals surface area (Å²) in [7, 11) is 0. The Labute approximate surface area is 190 Å². The van der Waals surface area contributed by atoms with Gasteiger partial charge in [-0.2, -0.15) is 0 Å². The van der Waals surface area contributed by atoms with Crippen LogP contribution < -0.4 is 10.5 Å². The van der Waals surface area contributed by atoms with Gasteiger partial charge in [-0.05, 0) is 53.6 Å². The minimum Gasteiger partial charge on any atom is -0.480 e. The molecule has 0 aliphatic carbocycles. The molecule has 1 amide bonds. The topological polar surface area (TPSA) is 142 Å². The summed E-state index contributed by atoms with van der Waals surface area (Å²) in [5.41, 5.74) is 8.67. The lowest BCUT2D eigenvalue weighted by molar-refractivity contribution is -0.231. The van der Waals surface area contributed by atoms with E-state index in [2.05, 4.69) is 0 Å². The predicted octanol–water partition coefficient (Wildman–Crippen LogP) is 0.625. The van der Waals surface area contributed by atoms with Crippen molar-refractivity contribution < 1.29 is 34.7 Å². The second-order valence-corrected chi connectivity index (χ2v) is 8.67. The van der Waals surface area contributed by atoms with Crippen molar-refractivity contribution in [2.75, 3.05) is 6.61 Å². The van der Waals surface area contributed by atoms with Gasteiger partial charge in [0, 0.05) is 5.02 Å². The average molecular weight is 464 g/mol. The number of carbonyl (C=O) groups excluding carboxylic acids is 1. The Morgan fingerprint density at radius 1 is 1.09 bits per heavy atom. The number of halogens is 1. The molecule has 2 aliphatic rings. The Balaban J connectivity index is 1.56. The lowest BCUT2D eigenvalue weighted by Crippen LogP contribution is -2.55. The molecule has 6 N–H and O–H groups in total. The third kappa shape index (κ3) is 4.47. The van der Waals surface area contributed by atoms with E-state index in [0.717, 1.165) is 16.7 Å². The smallest absolute Gasteiger partial charge is 0.258 e. The zero-order chi connectivity index (χ0) is 23.0. The molecule has 8 nitrogen and oxygen atoms in total. The van der Waals surface area contributed by atoms with Gasteiger partial charge in [-0.15, -0.1) is 0 Å². The SMILES string of the molecule is NC(=O)C1CCc2cc(Cc3cc([C@@H]4O[C@H](CO)[C@@H](O)[C@H](O)[C@@H]4O)ccc3Cl)ccc2O1. The first kappa shape index (κ1) is 23.0. The van der Waals surface area contributed by atoms with Gasteiger partial charge in [-0.3, -0.25) is 4.79 Å². The minimum absolute atomic E-state index is 0.475. The molecule has 0 radical (unpaired) electrons. The summed E-state index contributed by atoms with van der Waals surface area (Å²) in [6.07, 6.45) is -5.05. The van der Waals surface area contributed by atoms with Crippen molar-refractivity contribution >= 4 is 17.5 Å². The highest BCUT2D eigenvalue weighted by Gasteiger charge is 2.44. The predicted molar refractivity (Wildman–Crippen MR) is 115 cm³/mol. The molecule has 9 heteroatoms. The van der Waals surface area contributed by atoms with Gasteiger partial charge in [0.25, 0.3) is 5.91 Å². The fraction of sp³-hybridized carbons (Fsp3) is 0.435. The highest BCUT2D eigenvalue weighted by molar-refractivity contribution is 6.31. The molecule has 1 unspecified atom stereocenters. The second kappa shape index (κ2) is 9.35. The maximum absolute atomic E-state index is 11.4. The first-order valence-electron chi connectivity index (χ1n) is 10.4. The van der Waals surface area contributed by atoms with Crippen molar-refractivity contribution in [3.63, 3.8) is 0 Å². The monoisotopic (exact) mass is 463 g/mol. The Kier molecular flexibility index (Phi) is 6.71. The molecule has 4 rings (SSSR count). The van der Waals surface area contributed by atoms with E-state index in [-0.39, 0.29) is 0 Å². The molecule has 1 fully saturated rings. The first-order valence-corrected chi connectivity index (χ1v) is 10.8. The number of amides is 1. The number of aliphatic hydroxyl groups is 4. The van der Waals surface area contributed by atoms with Gasteiger partial charge in [0.05, 0.1) is 6.61 Å². The van der Waals surface area contributed by atoms with Crippen LogP contribution in [0.1, 0.15) is 34.8 Å². The summed E-state index contributed by atoms with van der Waals surface area (Å²) in [6, 6.07) is 10.9. The first-order chi connectivity index (χ1) is 15.3. The molecule has 0 saturated carbocycles. The maximum atomic E-state index is 11.4. The molecule has 2 aromatic carbocycles. The lowest BCUT2D eigenvalue weighted by atomic mass is 9.90. The van der Waals surface area contributed by atoms with E-state index in [1.807, 2.05) is 18.2 Å². The van der Waals surface area contributed by atoms with E-state index in [1.165, 1.54) is 0 Å². The van der Waals surface area contributed by atoms with Crippen LogP contribution in [-0.4, -0.2) is 63.5 Å². The summed E-state index contributed by atoms with van der Waals surface area (Å²) in [4.78, 5) is 11.4. The molecule has 32 heavy (non-hydrogen) atoms. The molecule has 2 heterocycles. The molecule has 0 spiro atoms. The van der Waals surface area contributed by atoms with E-state index in [1.54, 1.807) is 18.2 Å². The largest absolute Gasteiger partial charge is 0.480 e. The molecule has 0 bridgehead atoms. The average Bonchev–Trinajstić information content (AvgIpc) is 2.79. The standard InChI is InChI=1S/C23H26ClNO7/c24-15-4-2-13(22-21(29)20(28)19(27)18(10-26)32-22)9-14(15)8-11-1-5-16-12(7-11)3-6-17(31-16)23(25)30/h1-2,4-5,7,9,17-22,26-29H,3,6,8,10H2,(H2,25,30)/t17?,18-,19-,20+,21+,22+/m1/s1. The van der Waals surface area contributed by atoms with Crippen LogP contribution in [-0.2, 0) is 22.4 Å². The summed E-state index contributed by atoms with van der Waals surface area (Å²) in [6.45, 7) is -0.490. The van der Waals surface area contributed by atoms with Crippen LogP contribution in [0.25, 0.3) is 0 Å². The quantitative estimate of drug-likeness (QED) is 0.437. The van der Waals surface area contributed by atoms with Crippen LogP contribution in [0.3, 0.4) is 0 Å². The molecule has 6 atom stereocenters. The third-order valence-electron chi connectivity index (χ3n) is 6.07. The molecular formula is C23H26ClNO7. The fourth-order valence-corrected chi connectivity index (χ4v) is 4.44. The Hall–Kier alpha value is -2.20. The zero-order valence-corrected chi connectivity index (χ0v) is 18.0. The van der Waals surface area contributed by atoms with E-state index < -0.39 is 49.1 Å². The van der Waals surface area contributed by atoms with Gasteiger partial charge in [0.2, 0.25) is 0 Å². The van der Waals surface area contributed by atoms with E-state index >= 15 is 0 Å². The van der Waals surface area contributed by atoms with E-state index in [4.69, 9.17) is 26.8 Å². The zero-order valence-electron chi connectivity index (χ0n) is 17.2. The number of aliphatic hydroxyl groups excluding tert-OH is 4. The number of hydrogen-bond acceptors (Lipinski definition) is 7. The number of rotatable bonds is 5. The number of nitrogens with two attached hydrogens (primary N) is 1. The lowest BCUT2D eigenvalue weighted by Gasteiger charge is -2.40. The Morgan fingerprint density at radius 3 is 2.59 bits per heavy atom. The molecule has 0 aromatic heterocycles. The summed E-state index contributed by atoms with van der Waals surface area (Å²) >= 11 is 6.42. The van der Waals surface area contributed by atoms with Gasteiger partial charge in [-0.1, -0.05) is 35.9 Å². The minimum atomic E-state index is -1.45. The van der Waals surface area contributed by atoms with Crippen molar-refractivity contribution in [2.45, 2.75) is 55.9 Å². The summed E-state index contributed by atoms with van der Waals surface area (Å²) in [5, 5.41) is 40.5. The number of primary amides is 1. The normalized spacial score (nSPS) is 29.8. The highest BCUT2D eigenvalue weighted by Crippen LogP contribution is 2.35. The maximum Gasteiger partial charge on any atom is 0.258 e. The van der Waals surface area contributed by atoms with Crippen molar-refractivity contribution in [3.8, 4) is 5.75 Å². The van der Waals surface area contributed by atoms with Gasteiger partial charge in [0.15, 0.2) is 6.10 Å². The van der Waals surface area contributed by atoms with Crippen molar-refractivity contribution in [1.29, 1.82) is 0 Å². The van der Waals surface area contributed by atoms with Crippen LogP contribution >= 0.6 is 11.6 Å². The third-order valence-corrected chi connectivity index (χ3v) is 6.44. The van der Waals surface area contributed by atoms with Crippen molar-refractivity contribution in [1.82, 2.24) is 0 Å². The van der Waals surface area contributed by atoms with Crippen LogP contribution in [0.15, 0.2) is 36.4 Å². The second-order valence-electron chi connectivity index (χ2n) is 8.27. The van der Waals surface area contributed by atoms with Crippen molar-refractivity contribution in [3.05, 3.63) is 63.7 Å². The molecule has 2 aliphatic heterocycles. The number of hydrogen-bond donors (Lipinski definition) is 5. The van der Waals surface area contributed by atoms with Gasteiger partial charge < -0.3 is 35.6 Å². The number of benzene rings is 2. The molecule has 1 saturated heterocycles. The Bertz CT molecular complexity index is 998. The van der Waals surface area contributed by atoms with Gasteiger partial charge in [0.1, 0.15) is 36.3 Å². The molecule has 2 aromatic rings. The molecule has 172 valence electrons. The number of carbonyl (C=O) groups is 1. The fourth-order valence-electron chi connectivity index (χ4n) is 4.26. The van der Waals surface area contributed by atoms with Crippen LogP contribution in [0.4, 0.5) is 0 Å². The summed E-state index contributed by atoms with van der Waals surface area (Å²) < 4.78 is 11.3. The summed E-state index contributed by atoms with van der Waals surface area (Å²) in [5.74, 6) is 0.168. The van der Waals surface area contributed by atoms with E-state index in [0.29, 0.717) is 35.6 Å². The van der Waals surface area contributed by atoms with Crippen LogP contribution in [0, 0.1) is 0 Å². The highest BCUT2D eigenvalue weighted by atomic mass is 35.5. The number of fused-ring (bicyclic) bond motifs is 1. The van der Waals surface area contributed by atoms with Crippen molar-refractivity contribution in [2.24, 2.45) is 5.73 Å². The van der Waals surface area contributed by atoms with E-state index in [9.17, 15) is 25.2 Å². The van der Waals surface area contributed by atoms with Gasteiger partial charge >= 0.3 is 0 Å². The van der Waals surface area contributed by atoms with Crippen LogP contribution in [0.2, 0.25) is 5.02 Å². The van der Waals surface area contributed by atoms with Crippen LogP contribution in [0.5, 0.6) is 5.75 Å². The number of aryl methyl sites for hydroxylation is 1. The number of ether oxygens (including phenoxy) is 2. The Morgan fingerprint density at radius 2 is 1.88 bits per heavy atom. The van der Waals surface area contributed by atoms with Gasteiger partial charge in [-0.25, -0.2) is 0 Å². The molecular weight excluding hydrogens is 438 g/mol.